The highest BCUT2D eigenvalue weighted by Crippen LogP contribution is 2.35. The summed E-state index contributed by atoms with van der Waals surface area (Å²) in [6.07, 6.45) is 5.07. The molecule has 1 aromatic carbocycles. The van der Waals surface area contributed by atoms with Gasteiger partial charge in [0.25, 0.3) is 0 Å². The quantitative estimate of drug-likeness (QED) is 0.713. The Morgan fingerprint density at radius 3 is 2.43 bits per heavy atom. The molecule has 150 valence electrons. The highest BCUT2D eigenvalue weighted by atomic mass is 32.2. The fourth-order valence-corrected chi connectivity index (χ4v) is 5.42. The summed E-state index contributed by atoms with van der Waals surface area (Å²) in [6.45, 7) is 7.63. The second-order valence-corrected chi connectivity index (χ2v) is 8.81. The lowest BCUT2D eigenvalue weighted by Crippen LogP contribution is -2.49. The average Bonchev–Trinajstić information content (AvgIpc) is 3.35. The number of benzene rings is 1. The van der Waals surface area contributed by atoms with E-state index in [1.807, 2.05) is 11.0 Å². The Morgan fingerprint density at radius 1 is 1.07 bits per heavy atom. The van der Waals surface area contributed by atoms with Crippen LogP contribution < -0.4 is 4.90 Å². The summed E-state index contributed by atoms with van der Waals surface area (Å²) in [4.78, 5) is 21.9. The van der Waals surface area contributed by atoms with Crippen molar-refractivity contribution in [2.75, 3.05) is 36.8 Å². The van der Waals surface area contributed by atoms with Crippen LogP contribution in [0.5, 0.6) is 0 Å². The molecule has 0 unspecified atom stereocenters. The number of thioether (sulfide) groups is 1. The Bertz CT molecular complexity index is 805. The van der Waals surface area contributed by atoms with Gasteiger partial charge in [-0.25, -0.2) is 4.98 Å². The van der Waals surface area contributed by atoms with Crippen LogP contribution in [-0.4, -0.2) is 52.3 Å². The van der Waals surface area contributed by atoms with Crippen molar-refractivity contribution in [2.45, 2.75) is 50.7 Å². The van der Waals surface area contributed by atoms with Gasteiger partial charge in [0.2, 0.25) is 5.91 Å². The monoisotopic (exact) mass is 398 g/mol. The second-order valence-electron chi connectivity index (χ2n) is 7.87. The third kappa shape index (κ3) is 4.07. The van der Waals surface area contributed by atoms with Crippen LogP contribution in [0.2, 0.25) is 0 Å². The van der Waals surface area contributed by atoms with E-state index in [0.717, 1.165) is 37.0 Å². The summed E-state index contributed by atoms with van der Waals surface area (Å²) < 4.78 is 2.40. The van der Waals surface area contributed by atoms with Gasteiger partial charge in [-0.05, 0) is 38.8 Å². The third-order valence-corrected chi connectivity index (χ3v) is 7.06. The van der Waals surface area contributed by atoms with E-state index in [2.05, 4.69) is 47.6 Å². The van der Waals surface area contributed by atoms with Crippen molar-refractivity contribution in [3.63, 3.8) is 0 Å². The van der Waals surface area contributed by atoms with Gasteiger partial charge < -0.3 is 14.4 Å². The number of para-hydroxylation sites is 1. The zero-order valence-electron chi connectivity index (χ0n) is 16.9. The number of imidazole rings is 1. The number of carbonyl (C=O) groups is 1. The molecule has 2 aliphatic rings. The van der Waals surface area contributed by atoms with E-state index in [1.165, 1.54) is 37.1 Å². The standard InChI is InChI=1S/C22H30N4OS/c1-17-18(2)26(20-10-6-7-11-20)22(23-17)28-16-21(27)25-14-12-24(13-15-25)19-8-4-3-5-9-19/h3-5,8-9,20H,6-7,10-16H2,1-2H3. The van der Waals surface area contributed by atoms with E-state index >= 15 is 0 Å². The van der Waals surface area contributed by atoms with Gasteiger partial charge >= 0.3 is 0 Å². The highest BCUT2D eigenvalue weighted by molar-refractivity contribution is 7.99. The Hall–Kier alpha value is -1.95. The molecule has 1 aliphatic heterocycles. The van der Waals surface area contributed by atoms with E-state index < -0.39 is 0 Å². The van der Waals surface area contributed by atoms with Crippen LogP contribution in [0.1, 0.15) is 43.1 Å². The molecule has 1 aromatic heterocycles. The first kappa shape index (κ1) is 19.4. The van der Waals surface area contributed by atoms with Crippen molar-refractivity contribution >= 4 is 23.4 Å². The number of piperazine rings is 1. The van der Waals surface area contributed by atoms with E-state index in [0.29, 0.717) is 11.8 Å². The molecule has 1 amide bonds. The van der Waals surface area contributed by atoms with Crippen molar-refractivity contribution in [1.29, 1.82) is 0 Å². The number of hydrogen-bond donors (Lipinski definition) is 0. The Labute approximate surface area is 172 Å². The average molecular weight is 399 g/mol. The first-order valence-electron chi connectivity index (χ1n) is 10.4. The minimum Gasteiger partial charge on any atom is -0.368 e. The van der Waals surface area contributed by atoms with Crippen molar-refractivity contribution in [3.05, 3.63) is 41.7 Å². The lowest BCUT2D eigenvalue weighted by molar-refractivity contribution is -0.128. The van der Waals surface area contributed by atoms with Crippen LogP contribution in [0.25, 0.3) is 0 Å². The number of aryl methyl sites for hydroxylation is 1. The number of carbonyl (C=O) groups excluding carboxylic acids is 1. The number of hydrogen-bond acceptors (Lipinski definition) is 4. The van der Waals surface area contributed by atoms with Crippen molar-refractivity contribution in [1.82, 2.24) is 14.5 Å². The predicted octanol–water partition coefficient (Wildman–Crippen LogP) is 4.06. The molecule has 0 N–H and O–H groups in total. The third-order valence-electron chi connectivity index (χ3n) is 6.12. The van der Waals surface area contributed by atoms with Gasteiger partial charge in [0, 0.05) is 43.6 Å². The molecular formula is C22H30N4OS. The number of anilines is 1. The van der Waals surface area contributed by atoms with Gasteiger partial charge in [-0.2, -0.15) is 0 Å². The van der Waals surface area contributed by atoms with Crippen molar-refractivity contribution in [2.24, 2.45) is 0 Å². The molecule has 1 aliphatic carbocycles. The van der Waals surface area contributed by atoms with Gasteiger partial charge in [-0.1, -0.05) is 42.8 Å². The minimum atomic E-state index is 0.231. The first-order chi connectivity index (χ1) is 13.6. The molecule has 0 spiro atoms. The summed E-state index contributed by atoms with van der Waals surface area (Å²) in [7, 11) is 0. The lowest BCUT2D eigenvalue weighted by Gasteiger charge is -2.36. The van der Waals surface area contributed by atoms with E-state index in [-0.39, 0.29) is 5.91 Å². The van der Waals surface area contributed by atoms with Crippen LogP contribution in [0.4, 0.5) is 5.69 Å². The highest BCUT2D eigenvalue weighted by Gasteiger charge is 2.25. The Morgan fingerprint density at radius 2 is 1.75 bits per heavy atom. The molecule has 1 saturated heterocycles. The number of rotatable bonds is 5. The normalized spacial score (nSPS) is 18.1. The van der Waals surface area contributed by atoms with Crippen LogP contribution in [0.15, 0.2) is 35.5 Å². The van der Waals surface area contributed by atoms with E-state index in [9.17, 15) is 4.79 Å². The molecule has 5 nitrogen and oxygen atoms in total. The maximum Gasteiger partial charge on any atom is 0.233 e. The summed E-state index contributed by atoms with van der Waals surface area (Å²) in [5.41, 5.74) is 3.60. The van der Waals surface area contributed by atoms with Crippen LogP contribution in [0.3, 0.4) is 0 Å². The maximum atomic E-state index is 12.8. The zero-order chi connectivity index (χ0) is 19.5. The topological polar surface area (TPSA) is 41.4 Å². The van der Waals surface area contributed by atoms with Gasteiger partial charge in [0.05, 0.1) is 11.4 Å². The zero-order valence-corrected chi connectivity index (χ0v) is 17.7. The SMILES string of the molecule is Cc1nc(SCC(=O)N2CCN(c3ccccc3)CC2)n(C2CCCC2)c1C. The maximum absolute atomic E-state index is 12.8. The first-order valence-corrected chi connectivity index (χ1v) is 11.4. The Kier molecular flexibility index (Phi) is 5.95. The summed E-state index contributed by atoms with van der Waals surface area (Å²) in [5, 5.41) is 1.03. The number of nitrogens with zero attached hydrogens (tertiary/aromatic N) is 4. The van der Waals surface area contributed by atoms with Crippen molar-refractivity contribution < 1.29 is 4.79 Å². The number of aromatic nitrogens is 2. The molecular weight excluding hydrogens is 368 g/mol. The molecule has 2 heterocycles. The van der Waals surface area contributed by atoms with Crippen LogP contribution in [0, 0.1) is 13.8 Å². The van der Waals surface area contributed by atoms with Crippen LogP contribution >= 0.6 is 11.8 Å². The van der Waals surface area contributed by atoms with E-state index in [1.54, 1.807) is 11.8 Å². The molecule has 2 fully saturated rings. The van der Waals surface area contributed by atoms with Gasteiger partial charge in [0.15, 0.2) is 5.16 Å². The lowest BCUT2D eigenvalue weighted by atomic mass is 10.2. The van der Waals surface area contributed by atoms with Crippen LogP contribution in [-0.2, 0) is 4.79 Å². The fourth-order valence-electron chi connectivity index (χ4n) is 4.36. The van der Waals surface area contributed by atoms with Gasteiger partial charge in [-0.3, -0.25) is 4.79 Å². The van der Waals surface area contributed by atoms with Crippen molar-refractivity contribution in [3.8, 4) is 0 Å². The summed E-state index contributed by atoms with van der Waals surface area (Å²) >= 11 is 1.61. The van der Waals surface area contributed by atoms with E-state index in [4.69, 9.17) is 4.98 Å². The smallest absolute Gasteiger partial charge is 0.233 e. The molecule has 1 saturated carbocycles. The molecule has 0 atom stereocenters. The fraction of sp³-hybridized carbons (Fsp3) is 0.545. The summed E-state index contributed by atoms with van der Waals surface area (Å²) in [5.74, 6) is 0.711. The second kappa shape index (κ2) is 8.60. The Balaban J connectivity index is 1.34. The molecule has 0 bridgehead atoms. The largest absolute Gasteiger partial charge is 0.368 e. The molecule has 6 heteroatoms. The molecule has 28 heavy (non-hydrogen) atoms. The minimum absolute atomic E-state index is 0.231. The number of amides is 1. The molecule has 4 rings (SSSR count). The summed E-state index contributed by atoms with van der Waals surface area (Å²) in [6, 6.07) is 11.0. The molecule has 0 radical (unpaired) electrons. The van der Waals surface area contributed by atoms with Gasteiger partial charge in [0.1, 0.15) is 0 Å². The molecule has 2 aromatic rings. The predicted molar refractivity (Wildman–Crippen MR) is 115 cm³/mol. The van der Waals surface area contributed by atoms with Gasteiger partial charge in [-0.15, -0.1) is 0 Å².